The van der Waals surface area contributed by atoms with Crippen molar-refractivity contribution in [2.45, 2.75) is 4.90 Å². The zero-order valence-electron chi connectivity index (χ0n) is 16.7. The molecule has 0 aliphatic heterocycles. The van der Waals surface area contributed by atoms with Gasteiger partial charge in [0.25, 0.3) is 11.4 Å². The van der Waals surface area contributed by atoms with Crippen LogP contribution in [0.4, 0.5) is 17.1 Å². The third kappa shape index (κ3) is 5.37. The first kappa shape index (κ1) is 21.8. The Morgan fingerprint density at radius 1 is 0.968 bits per heavy atom. The molecule has 158 valence electrons. The molecule has 0 amide bonds. The zero-order valence-corrected chi connectivity index (χ0v) is 17.5. The molecule has 0 radical (unpaired) electrons. The van der Waals surface area contributed by atoms with E-state index in [-0.39, 0.29) is 16.3 Å². The van der Waals surface area contributed by atoms with Gasteiger partial charge in [-0.15, -0.1) is 0 Å². The third-order valence-corrected chi connectivity index (χ3v) is 5.21. The number of nitrogens with zero attached hydrogens (tertiary/aromatic N) is 4. The highest BCUT2D eigenvalue weighted by Crippen LogP contribution is 2.35. The normalized spacial score (nSPS) is 11.1. The second-order valence-electron chi connectivity index (χ2n) is 6.25. The summed E-state index contributed by atoms with van der Waals surface area (Å²) in [6, 6.07) is 20.1. The third-order valence-electron chi connectivity index (χ3n) is 4.22. The first-order valence-electron chi connectivity index (χ1n) is 9.01. The van der Waals surface area contributed by atoms with Gasteiger partial charge in [-0.25, -0.2) is 4.99 Å². The minimum atomic E-state index is -0.661. The van der Waals surface area contributed by atoms with Gasteiger partial charge in [0, 0.05) is 18.7 Å². The van der Waals surface area contributed by atoms with Crippen LogP contribution in [0, 0.1) is 20.2 Å². The zero-order chi connectivity index (χ0) is 22.4. The lowest BCUT2D eigenvalue weighted by Gasteiger charge is -2.20. The molecule has 0 N–H and O–H groups in total. The molecule has 0 heterocycles. The second kappa shape index (κ2) is 9.72. The van der Waals surface area contributed by atoms with E-state index in [0.29, 0.717) is 17.3 Å². The fourth-order valence-electron chi connectivity index (χ4n) is 2.71. The predicted octanol–water partition coefficient (Wildman–Crippen LogP) is 5.23. The summed E-state index contributed by atoms with van der Waals surface area (Å²) in [5.74, 6) is 1.26. The highest BCUT2D eigenvalue weighted by atomic mass is 32.2. The summed E-state index contributed by atoms with van der Waals surface area (Å²) in [5.41, 5.74) is 0.792. The first-order valence-corrected chi connectivity index (χ1v) is 9.79. The van der Waals surface area contributed by atoms with Gasteiger partial charge in [0.05, 0.1) is 28.7 Å². The molecule has 0 aliphatic carbocycles. The number of nitro groups is 2. The van der Waals surface area contributed by atoms with E-state index >= 15 is 0 Å². The molecule has 0 saturated carbocycles. The van der Waals surface area contributed by atoms with Crippen LogP contribution in [0.15, 0.2) is 82.7 Å². The molecule has 0 atom stereocenters. The minimum absolute atomic E-state index is 0.261. The van der Waals surface area contributed by atoms with E-state index in [9.17, 15) is 20.2 Å². The Bertz CT molecular complexity index is 1120. The molecule has 9 nitrogen and oxygen atoms in total. The Morgan fingerprint density at radius 2 is 1.65 bits per heavy atom. The summed E-state index contributed by atoms with van der Waals surface area (Å²) in [5, 5.41) is 22.5. The standard InChI is InChI=1S/C21H18N4O5S/c1-23(31-20-13-10-17(24(26)27)14-19(20)25(28)29)21(15-6-4-3-5-7-15)22-16-8-11-18(30-2)12-9-16/h3-14H,1-2H3. The number of non-ortho nitro benzene ring substituents is 1. The van der Waals surface area contributed by atoms with Crippen molar-refractivity contribution in [1.29, 1.82) is 0 Å². The lowest BCUT2D eigenvalue weighted by molar-refractivity contribution is -0.396. The van der Waals surface area contributed by atoms with Crippen molar-refractivity contribution in [2.24, 2.45) is 4.99 Å². The molecule has 0 bridgehead atoms. The number of benzene rings is 3. The predicted molar refractivity (Wildman–Crippen MR) is 119 cm³/mol. The number of methoxy groups -OCH3 is 1. The largest absolute Gasteiger partial charge is 0.497 e. The molecule has 31 heavy (non-hydrogen) atoms. The molecule has 0 aliphatic rings. The summed E-state index contributed by atoms with van der Waals surface area (Å²) in [4.78, 5) is 26.1. The summed E-state index contributed by atoms with van der Waals surface area (Å²) < 4.78 is 6.86. The van der Waals surface area contributed by atoms with Gasteiger partial charge in [0.1, 0.15) is 16.5 Å². The van der Waals surface area contributed by atoms with E-state index in [1.165, 1.54) is 12.1 Å². The average Bonchev–Trinajstić information content (AvgIpc) is 2.78. The highest BCUT2D eigenvalue weighted by molar-refractivity contribution is 7.97. The number of hydrogen-bond acceptors (Lipinski definition) is 7. The maximum absolute atomic E-state index is 11.5. The number of ether oxygens (including phenoxy) is 1. The van der Waals surface area contributed by atoms with Crippen molar-refractivity contribution in [2.75, 3.05) is 14.2 Å². The first-order chi connectivity index (χ1) is 14.9. The van der Waals surface area contributed by atoms with Crippen molar-refractivity contribution < 1.29 is 14.6 Å². The molecule has 0 aromatic heterocycles. The minimum Gasteiger partial charge on any atom is -0.497 e. The molecule has 0 fully saturated rings. The SMILES string of the molecule is COc1ccc(N=C(c2ccccc2)N(C)Sc2ccc([N+](=O)[O-])cc2[N+](=O)[O-])cc1. The Balaban J connectivity index is 1.99. The van der Waals surface area contributed by atoms with Crippen LogP contribution in [-0.4, -0.2) is 34.1 Å². The molecule has 0 unspecified atom stereocenters. The van der Waals surface area contributed by atoms with E-state index < -0.39 is 9.85 Å². The van der Waals surface area contributed by atoms with E-state index in [2.05, 4.69) is 0 Å². The molecule has 10 heteroatoms. The summed E-state index contributed by atoms with van der Waals surface area (Å²) in [7, 11) is 3.31. The molecule has 0 saturated heterocycles. The number of aliphatic imine (C=N–C) groups is 1. The van der Waals surface area contributed by atoms with E-state index in [1.807, 2.05) is 30.3 Å². The van der Waals surface area contributed by atoms with Gasteiger partial charge in [-0.1, -0.05) is 30.3 Å². The smallest absolute Gasteiger partial charge is 0.291 e. The monoisotopic (exact) mass is 438 g/mol. The maximum Gasteiger partial charge on any atom is 0.291 e. The van der Waals surface area contributed by atoms with Crippen molar-refractivity contribution in [3.8, 4) is 5.75 Å². The van der Waals surface area contributed by atoms with Crippen molar-refractivity contribution in [1.82, 2.24) is 4.31 Å². The molecule has 3 rings (SSSR count). The van der Waals surface area contributed by atoms with Gasteiger partial charge >= 0.3 is 0 Å². The van der Waals surface area contributed by atoms with Crippen LogP contribution >= 0.6 is 11.9 Å². The lowest BCUT2D eigenvalue weighted by Crippen LogP contribution is -2.20. The average molecular weight is 438 g/mol. The van der Waals surface area contributed by atoms with Gasteiger partial charge in [0.2, 0.25) is 0 Å². The van der Waals surface area contributed by atoms with Crippen LogP contribution in [0.25, 0.3) is 0 Å². The fraction of sp³-hybridized carbons (Fsp3) is 0.0952. The van der Waals surface area contributed by atoms with Crippen LogP contribution in [0.2, 0.25) is 0 Å². The van der Waals surface area contributed by atoms with E-state index in [1.54, 1.807) is 42.7 Å². The quantitative estimate of drug-likeness (QED) is 0.163. The number of amidine groups is 1. The topological polar surface area (TPSA) is 111 Å². The Morgan fingerprint density at radius 3 is 2.23 bits per heavy atom. The number of rotatable bonds is 7. The maximum atomic E-state index is 11.5. The van der Waals surface area contributed by atoms with Gasteiger partial charge in [-0.05, 0) is 42.3 Å². The number of nitro benzene ring substituents is 2. The van der Waals surface area contributed by atoms with Gasteiger partial charge < -0.3 is 4.74 Å². The molecular weight excluding hydrogens is 420 g/mol. The van der Waals surface area contributed by atoms with Crippen LogP contribution in [0.1, 0.15) is 5.56 Å². The van der Waals surface area contributed by atoms with Crippen LogP contribution < -0.4 is 4.74 Å². The van der Waals surface area contributed by atoms with Crippen LogP contribution in [0.5, 0.6) is 5.75 Å². The summed E-state index contributed by atoms with van der Waals surface area (Å²) in [6.45, 7) is 0. The van der Waals surface area contributed by atoms with E-state index in [0.717, 1.165) is 23.6 Å². The van der Waals surface area contributed by atoms with Crippen molar-refractivity contribution in [3.05, 3.63) is 98.6 Å². The Labute approximate surface area is 182 Å². The molecule has 0 spiro atoms. The van der Waals surface area contributed by atoms with Crippen molar-refractivity contribution >= 4 is 34.8 Å². The second-order valence-corrected chi connectivity index (χ2v) is 7.42. The van der Waals surface area contributed by atoms with Gasteiger partial charge in [-0.3, -0.25) is 24.5 Å². The van der Waals surface area contributed by atoms with Gasteiger partial charge in [0.15, 0.2) is 0 Å². The van der Waals surface area contributed by atoms with Gasteiger partial charge in [-0.2, -0.15) is 0 Å². The van der Waals surface area contributed by atoms with Crippen LogP contribution in [0.3, 0.4) is 0 Å². The highest BCUT2D eigenvalue weighted by Gasteiger charge is 2.22. The summed E-state index contributed by atoms with van der Waals surface area (Å²) in [6.07, 6.45) is 0. The fourth-order valence-corrected chi connectivity index (χ4v) is 3.60. The van der Waals surface area contributed by atoms with Crippen LogP contribution in [-0.2, 0) is 0 Å². The molecule has 3 aromatic carbocycles. The number of hydrogen-bond donors (Lipinski definition) is 0. The Hall–Kier alpha value is -3.92. The molecular formula is C21H18N4O5S. The summed E-state index contributed by atoms with van der Waals surface area (Å²) >= 11 is 1.06. The Kier molecular flexibility index (Phi) is 6.83. The van der Waals surface area contributed by atoms with Crippen molar-refractivity contribution in [3.63, 3.8) is 0 Å². The van der Waals surface area contributed by atoms with E-state index in [4.69, 9.17) is 9.73 Å². The lowest BCUT2D eigenvalue weighted by atomic mass is 10.2. The molecule has 3 aromatic rings.